The molecule has 3 N–H and O–H groups in total. The summed E-state index contributed by atoms with van der Waals surface area (Å²) < 4.78 is 5.87. The van der Waals surface area contributed by atoms with Crippen molar-refractivity contribution in [3.63, 3.8) is 0 Å². The molecule has 0 bridgehead atoms. The van der Waals surface area contributed by atoms with Gasteiger partial charge in [0.1, 0.15) is 0 Å². The van der Waals surface area contributed by atoms with Crippen LogP contribution in [-0.4, -0.2) is 49.2 Å². The van der Waals surface area contributed by atoms with Crippen molar-refractivity contribution in [2.75, 3.05) is 32.8 Å². The SMILES string of the molecule is CC1(C)CN(C(CNC(=O)[C@@H]2CCC[C@@H]2CN)c2ccc(Cl)cc2)CCO1. The van der Waals surface area contributed by atoms with Gasteiger partial charge in [-0.05, 0) is 56.8 Å². The summed E-state index contributed by atoms with van der Waals surface area (Å²) in [6.07, 6.45) is 3.11. The van der Waals surface area contributed by atoms with Gasteiger partial charge in [0.15, 0.2) is 0 Å². The smallest absolute Gasteiger partial charge is 0.223 e. The van der Waals surface area contributed by atoms with E-state index in [1.165, 1.54) is 5.56 Å². The second-order valence-corrected chi connectivity index (χ2v) is 8.86. The number of rotatable bonds is 6. The van der Waals surface area contributed by atoms with Gasteiger partial charge in [0.25, 0.3) is 0 Å². The molecule has 1 aromatic rings. The van der Waals surface area contributed by atoms with E-state index in [-0.39, 0.29) is 23.5 Å². The van der Waals surface area contributed by atoms with Gasteiger partial charge >= 0.3 is 0 Å². The highest BCUT2D eigenvalue weighted by molar-refractivity contribution is 6.30. The molecule has 1 saturated heterocycles. The van der Waals surface area contributed by atoms with Gasteiger partial charge in [0, 0.05) is 30.6 Å². The molecule has 2 fully saturated rings. The lowest BCUT2D eigenvalue weighted by Gasteiger charge is -2.42. The topological polar surface area (TPSA) is 67.6 Å². The maximum Gasteiger partial charge on any atom is 0.223 e. The summed E-state index contributed by atoms with van der Waals surface area (Å²) >= 11 is 6.08. The molecular formula is C21H32ClN3O2. The van der Waals surface area contributed by atoms with Gasteiger partial charge < -0.3 is 15.8 Å². The standard InChI is InChI=1S/C21H32ClN3O2/c1-21(2)14-25(10-11-27-21)19(15-6-8-17(22)9-7-15)13-24-20(26)18-5-3-4-16(18)12-23/h6-9,16,18-19H,3-5,10-14,23H2,1-2H3,(H,24,26)/t16-,18-,19?/m1/s1. The van der Waals surface area contributed by atoms with Gasteiger partial charge in [-0.2, -0.15) is 0 Å². The second-order valence-electron chi connectivity index (χ2n) is 8.42. The Kier molecular flexibility index (Phi) is 6.79. The van der Waals surface area contributed by atoms with Crippen LogP contribution in [0.15, 0.2) is 24.3 Å². The van der Waals surface area contributed by atoms with Crippen molar-refractivity contribution in [2.45, 2.75) is 44.8 Å². The molecule has 3 rings (SSSR count). The first-order chi connectivity index (χ1) is 12.9. The molecule has 3 atom stereocenters. The minimum Gasteiger partial charge on any atom is -0.373 e. The number of hydrogen-bond acceptors (Lipinski definition) is 4. The zero-order valence-corrected chi connectivity index (χ0v) is 17.2. The Labute approximate surface area is 167 Å². The maximum atomic E-state index is 12.8. The van der Waals surface area contributed by atoms with Crippen LogP contribution in [0.5, 0.6) is 0 Å². The predicted octanol–water partition coefficient (Wildman–Crippen LogP) is 2.98. The fraction of sp³-hybridized carbons (Fsp3) is 0.667. The summed E-state index contributed by atoms with van der Waals surface area (Å²) in [7, 11) is 0. The van der Waals surface area contributed by atoms with Crippen molar-refractivity contribution in [2.24, 2.45) is 17.6 Å². The van der Waals surface area contributed by atoms with Crippen molar-refractivity contribution in [1.29, 1.82) is 0 Å². The molecule has 0 aromatic heterocycles. The fourth-order valence-corrected chi connectivity index (χ4v) is 4.58. The number of carbonyl (C=O) groups excluding carboxylic acids is 1. The highest BCUT2D eigenvalue weighted by Crippen LogP contribution is 2.32. The first-order valence-corrected chi connectivity index (χ1v) is 10.4. The third-order valence-corrected chi connectivity index (χ3v) is 6.17. The van der Waals surface area contributed by atoms with E-state index < -0.39 is 0 Å². The Morgan fingerprint density at radius 2 is 2.11 bits per heavy atom. The number of nitrogens with one attached hydrogen (secondary N) is 1. The van der Waals surface area contributed by atoms with Crippen LogP contribution in [0.4, 0.5) is 0 Å². The predicted molar refractivity (Wildman–Crippen MR) is 109 cm³/mol. The summed E-state index contributed by atoms with van der Waals surface area (Å²) in [5, 5.41) is 3.94. The van der Waals surface area contributed by atoms with Crippen LogP contribution < -0.4 is 11.1 Å². The van der Waals surface area contributed by atoms with Gasteiger partial charge in [-0.15, -0.1) is 0 Å². The minimum atomic E-state index is -0.191. The van der Waals surface area contributed by atoms with E-state index in [0.29, 0.717) is 25.6 Å². The Balaban J connectivity index is 1.72. The number of halogens is 1. The van der Waals surface area contributed by atoms with Crippen LogP contribution in [0.3, 0.4) is 0 Å². The Morgan fingerprint density at radius 3 is 2.78 bits per heavy atom. The van der Waals surface area contributed by atoms with Crippen LogP contribution in [-0.2, 0) is 9.53 Å². The lowest BCUT2D eigenvalue weighted by molar-refractivity contribution is -0.126. The molecule has 1 aliphatic heterocycles. The molecule has 0 spiro atoms. The van der Waals surface area contributed by atoms with E-state index in [4.69, 9.17) is 22.1 Å². The number of hydrogen-bond donors (Lipinski definition) is 2. The van der Waals surface area contributed by atoms with Crippen molar-refractivity contribution in [1.82, 2.24) is 10.2 Å². The quantitative estimate of drug-likeness (QED) is 0.779. The largest absolute Gasteiger partial charge is 0.373 e. The highest BCUT2D eigenvalue weighted by Gasteiger charge is 2.34. The van der Waals surface area contributed by atoms with Crippen LogP contribution in [0.2, 0.25) is 5.02 Å². The molecule has 27 heavy (non-hydrogen) atoms. The molecular weight excluding hydrogens is 362 g/mol. The Bertz CT molecular complexity index is 635. The number of amides is 1. The van der Waals surface area contributed by atoms with Crippen molar-refractivity contribution in [3.8, 4) is 0 Å². The molecule has 1 amide bonds. The van der Waals surface area contributed by atoms with E-state index in [2.05, 4.69) is 36.2 Å². The number of benzene rings is 1. The average molecular weight is 394 g/mol. The average Bonchev–Trinajstić information content (AvgIpc) is 3.11. The number of carbonyl (C=O) groups is 1. The van der Waals surface area contributed by atoms with Crippen LogP contribution in [0.1, 0.15) is 44.7 Å². The third-order valence-electron chi connectivity index (χ3n) is 5.92. The molecule has 6 heteroatoms. The second kappa shape index (κ2) is 8.91. The molecule has 150 valence electrons. The zero-order chi connectivity index (χ0) is 19.4. The fourth-order valence-electron chi connectivity index (χ4n) is 4.45. The van der Waals surface area contributed by atoms with Gasteiger partial charge in [-0.1, -0.05) is 30.2 Å². The maximum absolute atomic E-state index is 12.8. The molecule has 1 saturated carbocycles. The van der Waals surface area contributed by atoms with E-state index in [1.54, 1.807) is 0 Å². The van der Waals surface area contributed by atoms with Gasteiger partial charge in [-0.3, -0.25) is 9.69 Å². The lowest BCUT2D eigenvalue weighted by atomic mass is 9.95. The molecule has 1 unspecified atom stereocenters. The van der Waals surface area contributed by atoms with Crippen LogP contribution >= 0.6 is 11.6 Å². The van der Waals surface area contributed by atoms with E-state index in [1.807, 2.05) is 12.1 Å². The van der Waals surface area contributed by atoms with E-state index >= 15 is 0 Å². The molecule has 1 aliphatic carbocycles. The Morgan fingerprint density at radius 1 is 1.37 bits per heavy atom. The lowest BCUT2D eigenvalue weighted by Crippen LogP contribution is -2.51. The summed E-state index contributed by atoms with van der Waals surface area (Å²) in [5.74, 6) is 0.526. The summed E-state index contributed by atoms with van der Waals surface area (Å²) in [4.78, 5) is 15.2. The molecule has 5 nitrogen and oxygen atoms in total. The van der Waals surface area contributed by atoms with Crippen molar-refractivity contribution in [3.05, 3.63) is 34.9 Å². The van der Waals surface area contributed by atoms with Crippen LogP contribution in [0, 0.1) is 11.8 Å². The first-order valence-electron chi connectivity index (χ1n) is 10.0. The molecule has 1 heterocycles. The molecule has 0 radical (unpaired) electrons. The first kappa shape index (κ1) is 20.6. The summed E-state index contributed by atoms with van der Waals surface area (Å²) in [6, 6.07) is 8.05. The number of nitrogens with two attached hydrogens (primary N) is 1. The van der Waals surface area contributed by atoms with E-state index in [0.717, 1.165) is 37.4 Å². The monoisotopic (exact) mass is 393 g/mol. The van der Waals surface area contributed by atoms with Crippen LogP contribution in [0.25, 0.3) is 0 Å². The third kappa shape index (κ3) is 5.23. The van der Waals surface area contributed by atoms with Crippen molar-refractivity contribution >= 4 is 17.5 Å². The summed E-state index contributed by atoms with van der Waals surface area (Å²) in [6.45, 7) is 7.78. The summed E-state index contributed by atoms with van der Waals surface area (Å²) in [5.41, 5.74) is 6.83. The number of ether oxygens (including phenoxy) is 1. The van der Waals surface area contributed by atoms with Gasteiger partial charge in [0.2, 0.25) is 5.91 Å². The highest BCUT2D eigenvalue weighted by atomic mass is 35.5. The van der Waals surface area contributed by atoms with Crippen molar-refractivity contribution < 1.29 is 9.53 Å². The minimum absolute atomic E-state index is 0.0574. The van der Waals surface area contributed by atoms with E-state index in [9.17, 15) is 4.79 Å². The normalized spacial score (nSPS) is 26.7. The Hall–Kier alpha value is -1.14. The molecule has 2 aliphatic rings. The number of morpholine rings is 1. The van der Waals surface area contributed by atoms with Gasteiger partial charge in [0.05, 0.1) is 18.2 Å². The number of nitrogens with zero attached hydrogens (tertiary/aromatic N) is 1. The molecule has 1 aromatic carbocycles. The van der Waals surface area contributed by atoms with Gasteiger partial charge in [-0.25, -0.2) is 0 Å². The zero-order valence-electron chi connectivity index (χ0n) is 16.4.